The van der Waals surface area contributed by atoms with Crippen molar-refractivity contribution in [3.05, 3.63) is 0 Å². The highest BCUT2D eigenvalue weighted by Gasteiger charge is 2.31. The summed E-state index contributed by atoms with van der Waals surface area (Å²) in [5.74, 6) is 0.0108. The highest BCUT2D eigenvalue weighted by Crippen LogP contribution is 2.25. The van der Waals surface area contributed by atoms with Crippen LogP contribution in [0.2, 0.25) is 0 Å². The number of thiol groups is 1. The van der Waals surface area contributed by atoms with Gasteiger partial charge in [-0.05, 0) is 12.8 Å². The van der Waals surface area contributed by atoms with E-state index in [2.05, 4.69) is 19.6 Å². The quantitative estimate of drug-likeness (QED) is 0.421. The van der Waals surface area contributed by atoms with Crippen molar-refractivity contribution in [1.82, 2.24) is 0 Å². The molecule has 2 nitrogen and oxygen atoms in total. The van der Waals surface area contributed by atoms with Gasteiger partial charge >= 0.3 is 5.97 Å². The lowest BCUT2D eigenvalue weighted by molar-refractivity contribution is -0.141. The van der Waals surface area contributed by atoms with Gasteiger partial charge < -0.3 is 4.74 Å². The van der Waals surface area contributed by atoms with Gasteiger partial charge in [-0.2, -0.15) is 12.6 Å². The van der Waals surface area contributed by atoms with Crippen LogP contribution in [0.5, 0.6) is 0 Å². The third kappa shape index (κ3) is 3.22. The van der Waals surface area contributed by atoms with Gasteiger partial charge in [0, 0.05) is 5.25 Å². The number of rotatable bonds is 5. The SMILES string of the molecule is CCCCCC(S)C1CCOC1=O. The summed E-state index contributed by atoms with van der Waals surface area (Å²) in [5.41, 5.74) is 0. The number of ether oxygens (including phenoxy) is 1. The first kappa shape index (κ1) is 10.9. The molecule has 0 bridgehead atoms. The molecule has 76 valence electrons. The van der Waals surface area contributed by atoms with Crippen LogP contribution >= 0.6 is 12.6 Å². The minimum atomic E-state index is -0.0449. The third-order valence-corrected chi connectivity index (χ3v) is 3.16. The fourth-order valence-corrected chi connectivity index (χ4v) is 2.12. The Morgan fingerprint density at radius 3 is 2.92 bits per heavy atom. The monoisotopic (exact) mass is 202 g/mol. The van der Waals surface area contributed by atoms with E-state index in [-0.39, 0.29) is 17.1 Å². The molecule has 2 atom stereocenters. The zero-order chi connectivity index (χ0) is 9.68. The first-order chi connectivity index (χ1) is 6.25. The lowest BCUT2D eigenvalue weighted by Crippen LogP contribution is -2.19. The molecule has 3 heteroatoms. The van der Waals surface area contributed by atoms with E-state index in [1.165, 1.54) is 19.3 Å². The summed E-state index contributed by atoms with van der Waals surface area (Å²) in [6.07, 6.45) is 5.53. The van der Waals surface area contributed by atoms with Crippen LogP contribution in [0.15, 0.2) is 0 Å². The zero-order valence-corrected chi connectivity index (χ0v) is 9.06. The molecular weight excluding hydrogens is 184 g/mol. The molecule has 0 N–H and O–H groups in total. The standard InChI is InChI=1S/C10H18O2S/c1-2-3-4-5-9(13)8-6-7-12-10(8)11/h8-9,13H,2-7H2,1H3. The van der Waals surface area contributed by atoms with Gasteiger partial charge in [-0.25, -0.2) is 0 Å². The molecule has 0 aromatic carbocycles. The van der Waals surface area contributed by atoms with Crippen LogP contribution in [-0.4, -0.2) is 17.8 Å². The van der Waals surface area contributed by atoms with Crippen molar-refractivity contribution in [2.75, 3.05) is 6.61 Å². The molecule has 0 spiro atoms. The summed E-state index contributed by atoms with van der Waals surface area (Å²) in [7, 11) is 0. The van der Waals surface area contributed by atoms with Crippen LogP contribution in [0.25, 0.3) is 0 Å². The molecule has 1 aliphatic heterocycles. The number of cyclic esters (lactones) is 1. The lowest BCUT2D eigenvalue weighted by atomic mass is 9.99. The summed E-state index contributed by atoms with van der Waals surface area (Å²) >= 11 is 4.46. The van der Waals surface area contributed by atoms with Crippen LogP contribution in [0.4, 0.5) is 0 Å². The Balaban J connectivity index is 2.22. The molecule has 0 aromatic rings. The fourth-order valence-electron chi connectivity index (χ4n) is 1.67. The zero-order valence-electron chi connectivity index (χ0n) is 8.16. The van der Waals surface area contributed by atoms with Gasteiger partial charge in [0.2, 0.25) is 0 Å². The lowest BCUT2D eigenvalue weighted by Gasteiger charge is -2.13. The molecule has 1 fully saturated rings. The Morgan fingerprint density at radius 1 is 1.62 bits per heavy atom. The van der Waals surface area contributed by atoms with Crippen molar-refractivity contribution >= 4 is 18.6 Å². The molecule has 1 heterocycles. The van der Waals surface area contributed by atoms with E-state index in [1.807, 2.05) is 0 Å². The van der Waals surface area contributed by atoms with Crippen LogP contribution in [0, 0.1) is 5.92 Å². The summed E-state index contributed by atoms with van der Waals surface area (Å²) in [6, 6.07) is 0. The Kier molecular flexibility index (Phi) is 4.64. The van der Waals surface area contributed by atoms with Crippen molar-refractivity contribution in [1.29, 1.82) is 0 Å². The number of carbonyl (C=O) groups is 1. The van der Waals surface area contributed by atoms with Gasteiger partial charge in [0.1, 0.15) is 0 Å². The largest absolute Gasteiger partial charge is 0.465 e. The van der Waals surface area contributed by atoms with Crippen molar-refractivity contribution < 1.29 is 9.53 Å². The van der Waals surface area contributed by atoms with Crippen molar-refractivity contribution in [3.8, 4) is 0 Å². The maximum atomic E-state index is 11.2. The molecule has 2 unspecified atom stereocenters. The van der Waals surface area contributed by atoms with Crippen LogP contribution in [0.3, 0.4) is 0 Å². The number of hydrogen-bond acceptors (Lipinski definition) is 3. The van der Waals surface area contributed by atoms with Crippen LogP contribution in [0.1, 0.15) is 39.0 Å². The van der Waals surface area contributed by atoms with Gasteiger partial charge in [-0.1, -0.05) is 26.2 Å². The van der Waals surface area contributed by atoms with E-state index < -0.39 is 0 Å². The molecule has 0 aliphatic carbocycles. The summed E-state index contributed by atoms with van der Waals surface area (Å²) in [6.45, 7) is 2.77. The molecule has 0 amide bonds. The molecule has 0 aromatic heterocycles. The summed E-state index contributed by atoms with van der Waals surface area (Å²) in [4.78, 5) is 11.2. The molecule has 0 saturated carbocycles. The van der Waals surface area contributed by atoms with E-state index in [0.29, 0.717) is 6.61 Å². The first-order valence-corrected chi connectivity index (χ1v) is 5.62. The summed E-state index contributed by atoms with van der Waals surface area (Å²) < 4.78 is 4.91. The number of esters is 1. The molecule has 1 aliphatic rings. The molecular formula is C10H18O2S. The maximum Gasteiger partial charge on any atom is 0.310 e. The predicted octanol–water partition coefficient (Wildman–Crippen LogP) is 2.43. The predicted molar refractivity (Wildman–Crippen MR) is 56.0 cm³/mol. The minimum absolute atomic E-state index is 0.0449. The van der Waals surface area contributed by atoms with Gasteiger partial charge in [0.15, 0.2) is 0 Å². The Morgan fingerprint density at radius 2 is 2.38 bits per heavy atom. The van der Waals surface area contributed by atoms with Crippen molar-refractivity contribution in [2.24, 2.45) is 5.92 Å². The molecule has 0 radical (unpaired) electrons. The molecule has 1 saturated heterocycles. The van der Waals surface area contributed by atoms with E-state index in [0.717, 1.165) is 12.8 Å². The van der Waals surface area contributed by atoms with Gasteiger partial charge in [-0.15, -0.1) is 0 Å². The Bertz CT molecular complexity index is 170. The highest BCUT2D eigenvalue weighted by atomic mass is 32.1. The first-order valence-electron chi connectivity index (χ1n) is 5.10. The smallest absolute Gasteiger partial charge is 0.310 e. The molecule has 1 rings (SSSR count). The highest BCUT2D eigenvalue weighted by molar-refractivity contribution is 7.81. The number of unbranched alkanes of at least 4 members (excludes halogenated alkanes) is 2. The molecule has 13 heavy (non-hydrogen) atoms. The summed E-state index contributed by atoms with van der Waals surface area (Å²) in [5, 5.41) is 0.210. The average molecular weight is 202 g/mol. The van der Waals surface area contributed by atoms with Gasteiger partial charge in [-0.3, -0.25) is 4.79 Å². The average Bonchev–Trinajstić information content (AvgIpc) is 2.52. The second-order valence-electron chi connectivity index (χ2n) is 3.63. The van der Waals surface area contributed by atoms with Crippen molar-refractivity contribution in [3.63, 3.8) is 0 Å². The number of carbonyl (C=O) groups excluding carboxylic acids is 1. The van der Waals surface area contributed by atoms with Crippen LogP contribution in [-0.2, 0) is 9.53 Å². The van der Waals surface area contributed by atoms with E-state index >= 15 is 0 Å². The van der Waals surface area contributed by atoms with Gasteiger partial charge in [0.05, 0.1) is 12.5 Å². The Labute approximate surface area is 85.4 Å². The Hall–Kier alpha value is -0.180. The third-order valence-electron chi connectivity index (χ3n) is 2.54. The fraction of sp³-hybridized carbons (Fsp3) is 0.900. The second kappa shape index (κ2) is 5.53. The minimum Gasteiger partial charge on any atom is -0.465 e. The van der Waals surface area contributed by atoms with E-state index in [9.17, 15) is 4.79 Å². The maximum absolute atomic E-state index is 11.2. The van der Waals surface area contributed by atoms with E-state index in [4.69, 9.17) is 4.74 Å². The van der Waals surface area contributed by atoms with E-state index in [1.54, 1.807) is 0 Å². The second-order valence-corrected chi connectivity index (χ2v) is 4.29. The number of hydrogen-bond donors (Lipinski definition) is 1. The van der Waals surface area contributed by atoms with Crippen molar-refractivity contribution in [2.45, 2.75) is 44.3 Å². The van der Waals surface area contributed by atoms with Crippen LogP contribution < -0.4 is 0 Å². The normalized spacial score (nSPS) is 24.5. The topological polar surface area (TPSA) is 26.3 Å². The van der Waals surface area contributed by atoms with Gasteiger partial charge in [0.25, 0.3) is 0 Å².